The second kappa shape index (κ2) is 3.00. The van der Waals surface area contributed by atoms with Gasteiger partial charge >= 0.3 is 0 Å². The lowest BCUT2D eigenvalue weighted by Crippen LogP contribution is -2.46. The van der Waals surface area contributed by atoms with Crippen molar-refractivity contribution in [2.45, 2.75) is 32.8 Å². The van der Waals surface area contributed by atoms with Crippen molar-refractivity contribution in [2.24, 2.45) is 5.41 Å². The zero-order chi connectivity index (χ0) is 9.41. The van der Waals surface area contributed by atoms with E-state index in [9.17, 15) is 0 Å². The minimum atomic E-state index is 0.0712. The molecule has 1 heterocycles. The zero-order valence-electron chi connectivity index (χ0n) is 8.98. The quantitative estimate of drug-likeness (QED) is 0.596. The molecule has 0 aromatic carbocycles. The molecule has 72 valence electrons. The summed E-state index contributed by atoms with van der Waals surface area (Å²) in [5, 5.41) is 0. The third kappa shape index (κ3) is 1.50. The Morgan fingerprint density at radius 2 is 1.92 bits per heavy atom. The monoisotopic (exact) mass is 171 g/mol. The molecule has 12 heavy (non-hydrogen) atoms. The molecule has 0 aromatic rings. The summed E-state index contributed by atoms with van der Waals surface area (Å²) in [7, 11) is 4.00. The lowest BCUT2D eigenvalue weighted by atomic mass is 9.75. The van der Waals surface area contributed by atoms with Gasteiger partial charge in [-0.3, -0.25) is 0 Å². The van der Waals surface area contributed by atoms with Crippen LogP contribution in [-0.4, -0.2) is 37.7 Å². The van der Waals surface area contributed by atoms with E-state index in [0.717, 1.165) is 19.5 Å². The Morgan fingerprint density at radius 3 is 2.08 bits per heavy atom. The molecule has 0 amide bonds. The number of likely N-dealkylation sites (N-methyl/N-ethyl adjacent to an activating group) is 1. The zero-order valence-corrected chi connectivity index (χ0v) is 8.98. The van der Waals surface area contributed by atoms with E-state index in [-0.39, 0.29) is 11.0 Å². The molecule has 0 radical (unpaired) electrons. The van der Waals surface area contributed by atoms with Crippen LogP contribution < -0.4 is 0 Å². The number of ether oxygens (including phenoxy) is 1. The molecule has 1 aliphatic rings. The van der Waals surface area contributed by atoms with Crippen LogP contribution in [-0.2, 0) is 4.74 Å². The van der Waals surface area contributed by atoms with E-state index in [4.69, 9.17) is 4.74 Å². The van der Waals surface area contributed by atoms with Crippen molar-refractivity contribution in [1.82, 2.24) is 4.90 Å². The van der Waals surface area contributed by atoms with E-state index < -0.39 is 0 Å². The predicted molar refractivity (Wildman–Crippen MR) is 51.3 cm³/mol. The standard InChI is InChI=1S/C10H21NO/c1-9(2,3)10(12-5)6-7-11(4)8-10/h6-8H2,1-5H3. The van der Waals surface area contributed by atoms with Crippen molar-refractivity contribution in [1.29, 1.82) is 0 Å². The van der Waals surface area contributed by atoms with Gasteiger partial charge in [-0.2, -0.15) is 0 Å². The van der Waals surface area contributed by atoms with Gasteiger partial charge in [-0.15, -0.1) is 0 Å². The molecule has 2 nitrogen and oxygen atoms in total. The first-order valence-corrected chi connectivity index (χ1v) is 4.65. The third-order valence-corrected chi connectivity index (χ3v) is 3.18. The summed E-state index contributed by atoms with van der Waals surface area (Å²) in [5.41, 5.74) is 0.314. The lowest BCUT2D eigenvalue weighted by Gasteiger charge is -2.40. The first-order valence-electron chi connectivity index (χ1n) is 4.65. The minimum absolute atomic E-state index is 0.0712. The summed E-state index contributed by atoms with van der Waals surface area (Å²) in [6.07, 6.45) is 1.16. The highest BCUT2D eigenvalue weighted by Gasteiger charge is 2.46. The van der Waals surface area contributed by atoms with Crippen LogP contribution in [0.3, 0.4) is 0 Å². The van der Waals surface area contributed by atoms with E-state index in [2.05, 4.69) is 32.7 Å². The van der Waals surface area contributed by atoms with Gasteiger partial charge in [-0.05, 0) is 18.9 Å². The van der Waals surface area contributed by atoms with Crippen LogP contribution in [0.4, 0.5) is 0 Å². The Kier molecular flexibility index (Phi) is 2.50. The van der Waals surface area contributed by atoms with Crippen molar-refractivity contribution < 1.29 is 4.74 Å². The first kappa shape index (κ1) is 10.0. The van der Waals surface area contributed by atoms with Gasteiger partial charge < -0.3 is 9.64 Å². The van der Waals surface area contributed by atoms with Crippen LogP contribution in [0.1, 0.15) is 27.2 Å². The fraction of sp³-hybridized carbons (Fsp3) is 1.00. The van der Waals surface area contributed by atoms with Crippen molar-refractivity contribution >= 4 is 0 Å². The van der Waals surface area contributed by atoms with E-state index in [0.29, 0.717) is 0 Å². The van der Waals surface area contributed by atoms with E-state index in [1.54, 1.807) is 0 Å². The maximum atomic E-state index is 5.69. The molecule has 2 heteroatoms. The van der Waals surface area contributed by atoms with Crippen LogP contribution in [0.5, 0.6) is 0 Å². The molecule has 0 bridgehead atoms. The van der Waals surface area contributed by atoms with Crippen LogP contribution in [0.25, 0.3) is 0 Å². The molecule has 0 N–H and O–H groups in total. The fourth-order valence-corrected chi connectivity index (χ4v) is 2.05. The van der Waals surface area contributed by atoms with Crippen LogP contribution >= 0.6 is 0 Å². The summed E-state index contributed by atoms with van der Waals surface area (Å²) in [6, 6.07) is 0. The molecule has 1 fully saturated rings. The SMILES string of the molecule is COC1(C(C)(C)C)CCN(C)C1. The Bertz CT molecular complexity index is 162. The molecular formula is C10H21NO. The highest BCUT2D eigenvalue weighted by molar-refractivity contribution is 4.98. The van der Waals surface area contributed by atoms with Crippen LogP contribution in [0.15, 0.2) is 0 Å². The van der Waals surface area contributed by atoms with Crippen LogP contribution in [0.2, 0.25) is 0 Å². The molecule has 1 unspecified atom stereocenters. The highest BCUT2D eigenvalue weighted by Crippen LogP contribution is 2.40. The third-order valence-electron chi connectivity index (χ3n) is 3.18. The minimum Gasteiger partial charge on any atom is -0.376 e. The fourth-order valence-electron chi connectivity index (χ4n) is 2.05. The van der Waals surface area contributed by atoms with Gasteiger partial charge in [0, 0.05) is 20.2 Å². The van der Waals surface area contributed by atoms with Gasteiger partial charge in [-0.1, -0.05) is 20.8 Å². The molecule has 0 spiro atoms. The van der Waals surface area contributed by atoms with Gasteiger partial charge in [-0.25, -0.2) is 0 Å². The molecule has 1 saturated heterocycles. The van der Waals surface area contributed by atoms with Crippen LogP contribution in [0, 0.1) is 5.41 Å². The molecule has 0 aromatic heterocycles. The first-order chi connectivity index (χ1) is 5.41. The van der Waals surface area contributed by atoms with Crippen molar-refractivity contribution in [2.75, 3.05) is 27.2 Å². The second-order valence-electron chi connectivity index (χ2n) is 4.94. The average Bonchev–Trinajstić information content (AvgIpc) is 2.31. The molecule has 0 saturated carbocycles. The highest BCUT2D eigenvalue weighted by atomic mass is 16.5. The number of hydrogen-bond acceptors (Lipinski definition) is 2. The van der Waals surface area contributed by atoms with Gasteiger partial charge in [0.2, 0.25) is 0 Å². The van der Waals surface area contributed by atoms with E-state index in [1.165, 1.54) is 0 Å². The Hall–Kier alpha value is -0.0800. The lowest BCUT2D eigenvalue weighted by molar-refractivity contribution is -0.0812. The van der Waals surface area contributed by atoms with Gasteiger partial charge in [0.05, 0.1) is 5.60 Å². The van der Waals surface area contributed by atoms with E-state index in [1.807, 2.05) is 7.11 Å². The maximum absolute atomic E-state index is 5.69. The maximum Gasteiger partial charge on any atom is 0.0864 e. The largest absolute Gasteiger partial charge is 0.376 e. The van der Waals surface area contributed by atoms with E-state index >= 15 is 0 Å². The van der Waals surface area contributed by atoms with Gasteiger partial charge in [0.1, 0.15) is 0 Å². The summed E-state index contributed by atoms with van der Waals surface area (Å²) in [5.74, 6) is 0. The predicted octanol–water partition coefficient (Wildman–Crippen LogP) is 1.75. The van der Waals surface area contributed by atoms with Gasteiger partial charge in [0.15, 0.2) is 0 Å². The Balaban J connectivity index is 2.78. The number of likely N-dealkylation sites (tertiary alicyclic amines) is 1. The number of methoxy groups -OCH3 is 1. The molecule has 1 aliphatic heterocycles. The molecular weight excluding hydrogens is 150 g/mol. The average molecular weight is 171 g/mol. The normalized spacial score (nSPS) is 32.8. The Labute approximate surface area is 75.9 Å². The smallest absolute Gasteiger partial charge is 0.0864 e. The second-order valence-corrected chi connectivity index (χ2v) is 4.94. The molecule has 1 atom stereocenters. The number of nitrogens with zero attached hydrogens (tertiary/aromatic N) is 1. The molecule has 0 aliphatic carbocycles. The number of rotatable bonds is 1. The van der Waals surface area contributed by atoms with Crippen molar-refractivity contribution in [3.05, 3.63) is 0 Å². The topological polar surface area (TPSA) is 12.5 Å². The summed E-state index contributed by atoms with van der Waals surface area (Å²) >= 11 is 0. The van der Waals surface area contributed by atoms with Crippen molar-refractivity contribution in [3.63, 3.8) is 0 Å². The molecule has 1 rings (SSSR count). The number of hydrogen-bond donors (Lipinski definition) is 0. The summed E-state index contributed by atoms with van der Waals surface area (Å²) in [6.45, 7) is 9.00. The summed E-state index contributed by atoms with van der Waals surface area (Å²) in [4.78, 5) is 2.34. The van der Waals surface area contributed by atoms with Crippen molar-refractivity contribution in [3.8, 4) is 0 Å². The van der Waals surface area contributed by atoms with Gasteiger partial charge in [0.25, 0.3) is 0 Å². The Morgan fingerprint density at radius 1 is 1.33 bits per heavy atom. The summed E-state index contributed by atoms with van der Waals surface area (Å²) < 4.78 is 5.69.